The number of benzene rings is 2. The molecule has 0 aliphatic heterocycles. The third-order valence-corrected chi connectivity index (χ3v) is 4.02. The first-order chi connectivity index (χ1) is 15.1. The maximum Gasteiger partial charge on any atom is 0.407 e. The molecule has 0 unspecified atom stereocenters. The van der Waals surface area contributed by atoms with Crippen LogP contribution in [-0.4, -0.2) is 30.1 Å². The average Bonchev–Trinajstić information content (AvgIpc) is 2.70. The number of carbonyl (C=O) groups excluding carboxylic acids is 3. The van der Waals surface area contributed by atoms with Crippen LogP contribution in [0.4, 0.5) is 14.9 Å². The second-order valence-corrected chi connectivity index (χ2v) is 8.00. The van der Waals surface area contributed by atoms with E-state index >= 15 is 0 Å². The average molecular weight is 442 g/mol. The first-order valence-corrected chi connectivity index (χ1v) is 10.2. The van der Waals surface area contributed by atoms with Crippen LogP contribution in [0.3, 0.4) is 0 Å². The molecule has 0 fully saturated rings. The van der Waals surface area contributed by atoms with Gasteiger partial charge in [0.15, 0.2) is 0 Å². The molecule has 0 aliphatic carbocycles. The molecule has 0 atom stereocenters. The normalized spacial score (nSPS) is 11.1. The molecule has 2 aromatic carbocycles. The third-order valence-electron chi connectivity index (χ3n) is 4.02. The number of nitrogens with one attached hydrogen (secondary N) is 3. The SMILES string of the molecule is CC(C)(C)OC(=O)NCCC(=O)NCc1cccc(NC(=O)/C=C/c2ccccc2F)c1. The lowest BCUT2D eigenvalue weighted by molar-refractivity contribution is -0.121. The molecule has 2 rings (SSSR count). The van der Waals surface area contributed by atoms with Crippen molar-refractivity contribution in [1.82, 2.24) is 10.6 Å². The van der Waals surface area contributed by atoms with Gasteiger partial charge in [-0.2, -0.15) is 0 Å². The van der Waals surface area contributed by atoms with Gasteiger partial charge in [-0.25, -0.2) is 9.18 Å². The highest BCUT2D eigenvalue weighted by Crippen LogP contribution is 2.12. The van der Waals surface area contributed by atoms with Crippen molar-refractivity contribution in [3.05, 3.63) is 71.6 Å². The van der Waals surface area contributed by atoms with E-state index in [4.69, 9.17) is 4.74 Å². The molecule has 8 heteroatoms. The second-order valence-electron chi connectivity index (χ2n) is 8.00. The number of amides is 3. The maximum absolute atomic E-state index is 13.6. The zero-order valence-electron chi connectivity index (χ0n) is 18.4. The van der Waals surface area contributed by atoms with Gasteiger partial charge >= 0.3 is 6.09 Å². The number of hydrogen-bond donors (Lipinski definition) is 3. The van der Waals surface area contributed by atoms with Crippen molar-refractivity contribution in [3.8, 4) is 0 Å². The fourth-order valence-electron chi connectivity index (χ4n) is 2.60. The van der Waals surface area contributed by atoms with Crippen molar-refractivity contribution >= 4 is 29.7 Å². The quantitative estimate of drug-likeness (QED) is 0.540. The predicted molar refractivity (Wildman–Crippen MR) is 121 cm³/mol. The van der Waals surface area contributed by atoms with Gasteiger partial charge in [0.2, 0.25) is 11.8 Å². The summed E-state index contributed by atoms with van der Waals surface area (Å²) in [4.78, 5) is 35.6. The molecule has 32 heavy (non-hydrogen) atoms. The molecule has 0 bridgehead atoms. The van der Waals surface area contributed by atoms with Crippen LogP contribution < -0.4 is 16.0 Å². The van der Waals surface area contributed by atoms with Crippen molar-refractivity contribution in [2.75, 3.05) is 11.9 Å². The Balaban J connectivity index is 1.77. The van der Waals surface area contributed by atoms with Crippen LogP contribution in [-0.2, 0) is 20.9 Å². The summed E-state index contributed by atoms with van der Waals surface area (Å²) in [5.41, 5.74) is 1.06. The fourth-order valence-corrected chi connectivity index (χ4v) is 2.60. The Morgan fingerprint density at radius 1 is 1.03 bits per heavy atom. The molecule has 0 aliphatic rings. The highest BCUT2D eigenvalue weighted by molar-refractivity contribution is 6.02. The van der Waals surface area contributed by atoms with E-state index < -0.39 is 23.4 Å². The van der Waals surface area contributed by atoms with Gasteiger partial charge in [0, 0.05) is 36.8 Å². The van der Waals surface area contributed by atoms with Crippen LogP contribution in [0, 0.1) is 5.82 Å². The summed E-state index contributed by atoms with van der Waals surface area (Å²) in [6.45, 7) is 5.70. The zero-order chi connectivity index (χ0) is 23.6. The van der Waals surface area contributed by atoms with E-state index in [0.717, 1.165) is 5.56 Å². The van der Waals surface area contributed by atoms with Gasteiger partial charge < -0.3 is 20.7 Å². The largest absolute Gasteiger partial charge is 0.444 e. The summed E-state index contributed by atoms with van der Waals surface area (Å²) >= 11 is 0. The van der Waals surface area contributed by atoms with Crippen molar-refractivity contribution in [1.29, 1.82) is 0 Å². The van der Waals surface area contributed by atoms with Gasteiger partial charge in [-0.1, -0.05) is 30.3 Å². The van der Waals surface area contributed by atoms with Crippen LogP contribution >= 0.6 is 0 Å². The van der Waals surface area contributed by atoms with Gasteiger partial charge in [-0.3, -0.25) is 9.59 Å². The van der Waals surface area contributed by atoms with E-state index in [1.165, 1.54) is 18.2 Å². The molecule has 7 nitrogen and oxygen atoms in total. The van der Waals surface area contributed by atoms with Crippen molar-refractivity contribution in [2.45, 2.75) is 39.3 Å². The summed E-state index contributed by atoms with van der Waals surface area (Å²) in [7, 11) is 0. The summed E-state index contributed by atoms with van der Waals surface area (Å²) in [5, 5.41) is 7.98. The van der Waals surface area contributed by atoms with Crippen molar-refractivity contribution < 1.29 is 23.5 Å². The monoisotopic (exact) mass is 441 g/mol. The molecule has 0 spiro atoms. The molecular formula is C24H28FN3O4. The molecule has 170 valence electrons. The Kier molecular flexibility index (Phi) is 8.95. The number of anilines is 1. The lowest BCUT2D eigenvalue weighted by Gasteiger charge is -2.19. The van der Waals surface area contributed by atoms with Gasteiger partial charge in [0.1, 0.15) is 11.4 Å². The minimum atomic E-state index is -0.597. The van der Waals surface area contributed by atoms with Crippen molar-refractivity contribution in [2.24, 2.45) is 0 Å². The highest BCUT2D eigenvalue weighted by atomic mass is 19.1. The van der Waals surface area contributed by atoms with Gasteiger partial charge in [0.25, 0.3) is 0 Å². The lowest BCUT2D eigenvalue weighted by atomic mass is 10.2. The Labute approximate surface area is 187 Å². The van der Waals surface area contributed by atoms with Gasteiger partial charge in [0.05, 0.1) is 0 Å². The number of ether oxygens (including phenoxy) is 1. The molecule has 0 saturated carbocycles. The number of rotatable bonds is 8. The predicted octanol–water partition coefficient (Wildman–Crippen LogP) is 4.01. The minimum Gasteiger partial charge on any atom is -0.444 e. The zero-order valence-corrected chi connectivity index (χ0v) is 18.4. The second kappa shape index (κ2) is 11.6. The molecule has 0 heterocycles. The number of hydrogen-bond acceptors (Lipinski definition) is 4. The third kappa shape index (κ3) is 9.42. The van der Waals surface area contributed by atoms with E-state index in [2.05, 4.69) is 16.0 Å². The summed E-state index contributed by atoms with van der Waals surface area (Å²) in [6.07, 6.45) is 2.19. The van der Waals surface area contributed by atoms with E-state index in [1.807, 2.05) is 6.07 Å². The molecule has 2 aromatic rings. The van der Waals surface area contributed by atoms with Crippen LogP contribution in [0.25, 0.3) is 6.08 Å². The lowest BCUT2D eigenvalue weighted by Crippen LogP contribution is -2.35. The van der Waals surface area contributed by atoms with Crippen LogP contribution in [0.2, 0.25) is 0 Å². The van der Waals surface area contributed by atoms with Gasteiger partial charge in [-0.05, 0) is 50.6 Å². The summed E-state index contributed by atoms with van der Waals surface area (Å²) in [6, 6.07) is 13.2. The molecule has 0 saturated heterocycles. The Bertz CT molecular complexity index is 983. The number of alkyl carbamates (subject to hydrolysis) is 1. The number of halogens is 1. The standard InChI is InChI=1S/C24H28FN3O4/c1-24(2,3)32-23(31)26-14-13-21(29)27-16-17-7-6-9-19(15-17)28-22(30)12-11-18-8-4-5-10-20(18)25/h4-12,15H,13-14,16H2,1-3H3,(H,26,31)(H,27,29)(H,28,30)/b12-11+. The molecule has 3 N–H and O–H groups in total. The molecule has 0 radical (unpaired) electrons. The van der Waals surface area contributed by atoms with Gasteiger partial charge in [-0.15, -0.1) is 0 Å². The first kappa shape index (κ1) is 24.6. The van der Waals surface area contributed by atoms with E-state index in [-0.39, 0.29) is 25.4 Å². The van der Waals surface area contributed by atoms with Crippen LogP contribution in [0.1, 0.15) is 38.3 Å². The maximum atomic E-state index is 13.6. The molecule has 0 aromatic heterocycles. The van der Waals surface area contributed by atoms with E-state index in [1.54, 1.807) is 57.2 Å². The first-order valence-electron chi connectivity index (χ1n) is 10.2. The molecule has 3 amide bonds. The Hall–Kier alpha value is -3.68. The fraction of sp³-hybridized carbons (Fsp3) is 0.292. The minimum absolute atomic E-state index is 0.108. The summed E-state index contributed by atoms with van der Waals surface area (Å²) in [5.74, 6) is -1.04. The molecular weight excluding hydrogens is 413 g/mol. The van der Waals surface area contributed by atoms with E-state index in [0.29, 0.717) is 11.3 Å². The number of carbonyl (C=O) groups is 3. The Morgan fingerprint density at radius 2 is 1.78 bits per heavy atom. The smallest absolute Gasteiger partial charge is 0.407 e. The Morgan fingerprint density at radius 3 is 2.50 bits per heavy atom. The van der Waals surface area contributed by atoms with E-state index in [9.17, 15) is 18.8 Å². The highest BCUT2D eigenvalue weighted by Gasteiger charge is 2.15. The topological polar surface area (TPSA) is 96.5 Å². The van der Waals surface area contributed by atoms with Crippen LogP contribution in [0.5, 0.6) is 0 Å². The van der Waals surface area contributed by atoms with Crippen LogP contribution in [0.15, 0.2) is 54.6 Å². The van der Waals surface area contributed by atoms with Crippen molar-refractivity contribution in [3.63, 3.8) is 0 Å². The summed E-state index contributed by atoms with van der Waals surface area (Å²) < 4.78 is 18.7.